The highest BCUT2D eigenvalue weighted by Crippen LogP contribution is 2.77. The summed E-state index contributed by atoms with van der Waals surface area (Å²) in [4.78, 5) is 27.2. The highest BCUT2D eigenvalue weighted by atomic mass is 32.2. The number of fused-ring (bicyclic) bond motifs is 7. The third-order valence-corrected chi connectivity index (χ3v) is 20.3. The highest BCUT2D eigenvalue weighted by molar-refractivity contribution is 7.91. The van der Waals surface area contributed by atoms with Crippen LogP contribution in [0.5, 0.6) is 0 Å². The van der Waals surface area contributed by atoms with E-state index in [0.717, 1.165) is 13.0 Å². The lowest BCUT2D eigenvalue weighted by atomic mass is 9.32. The summed E-state index contributed by atoms with van der Waals surface area (Å²) in [5.41, 5.74) is 3.39. The van der Waals surface area contributed by atoms with Gasteiger partial charge in [0, 0.05) is 25.9 Å². The topological polar surface area (TPSA) is 104 Å². The molecule has 7 nitrogen and oxygen atoms in total. The molecule has 1 amide bonds. The molecular weight excluding hydrogens is 712 g/mol. The summed E-state index contributed by atoms with van der Waals surface area (Å²) in [5, 5.41) is 13.2. The quantitative estimate of drug-likeness (QED) is 0.227. The van der Waals surface area contributed by atoms with Gasteiger partial charge in [0.25, 0.3) is 0 Å². The number of alkyl halides is 1. The van der Waals surface area contributed by atoms with E-state index >= 15 is 0 Å². The number of rotatable bonds is 9. The Bertz CT molecular complexity index is 1750. The maximum Gasteiger partial charge on any atom is 0.312 e. The van der Waals surface area contributed by atoms with E-state index in [1.54, 1.807) is 0 Å². The van der Waals surface area contributed by atoms with Crippen LogP contribution in [0.3, 0.4) is 0 Å². The number of halogens is 1. The number of likely N-dealkylation sites (tertiary alicyclic amines) is 1. The van der Waals surface area contributed by atoms with Gasteiger partial charge in [0.2, 0.25) is 5.91 Å². The van der Waals surface area contributed by atoms with Crippen LogP contribution >= 0.6 is 0 Å². The van der Waals surface area contributed by atoms with Gasteiger partial charge < -0.3 is 15.3 Å². The minimum absolute atomic E-state index is 0.0399. The third-order valence-electron chi connectivity index (χ3n) is 18.6. The number of nitrogens with one attached hydrogen (secondary N) is 1. The number of hydrogen-bond donors (Lipinski definition) is 2. The van der Waals surface area contributed by atoms with Gasteiger partial charge >= 0.3 is 5.97 Å². The van der Waals surface area contributed by atoms with Gasteiger partial charge in [-0.3, -0.25) is 9.59 Å². The van der Waals surface area contributed by atoms with E-state index in [2.05, 4.69) is 65.6 Å². The fraction of sp³-hybridized carbons (Fsp3) is 0.826. The normalized spacial score (nSPS) is 42.9. The van der Waals surface area contributed by atoms with E-state index in [0.29, 0.717) is 74.9 Å². The van der Waals surface area contributed by atoms with Gasteiger partial charge in [-0.15, -0.1) is 0 Å². The van der Waals surface area contributed by atoms with Crippen molar-refractivity contribution in [2.24, 2.45) is 62.1 Å². The molecule has 55 heavy (non-hydrogen) atoms. The van der Waals surface area contributed by atoms with Gasteiger partial charge in [0.05, 0.1) is 17.2 Å². The number of nitrogens with zero attached hydrogens (tertiary/aromatic N) is 1. The first-order valence-corrected chi connectivity index (χ1v) is 23.7. The van der Waals surface area contributed by atoms with Crippen molar-refractivity contribution in [1.29, 1.82) is 0 Å². The zero-order chi connectivity index (χ0) is 40.0. The second kappa shape index (κ2) is 14.1. The number of amides is 1. The zero-order valence-electron chi connectivity index (χ0n) is 35.1. The van der Waals surface area contributed by atoms with Gasteiger partial charge in [0.15, 0.2) is 0 Å². The Hall–Kier alpha value is -2.00. The van der Waals surface area contributed by atoms with E-state index in [4.69, 9.17) is 0 Å². The molecule has 1 aliphatic heterocycles. The van der Waals surface area contributed by atoms with Crippen LogP contribution in [0.25, 0.3) is 0 Å². The number of carboxylic acid groups (broad SMARTS) is 1. The molecule has 1 saturated heterocycles. The molecule has 1 unspecified atom stereocenters. The van der Waals surface area contributed by atoms with Crippen molar-refractivity contribution >= 4 is 21.7 Å². The Morgan fingerprint density at radius 1 is 0.909 bits per heavy atom. The van der Waals surface area contributed by atoms with Crippen LogP contribution < -0.4 is 5.32 Å². The molecule has 6 aliphatic carbocycles. The molecule has 4 saturated carbocycles. The fourth-order valence-corrected chi connectivity index (χ4v) is 16.4. The number of hydrogen-bond acceptors (Lipinski definition) is 5. The van der Waals surface area contributed by atoms with E-state index < -0.39 is 27.9 Å². The summed E-state index contributed by atoms with van der Waals surface area (Å²) in [6, 6.07) is 0. The molecule has 0 radical (unpaired) electrons. The van der Waals surface area contributed by atoms with Gasteiger partial charge in [-0.05, 0) is 165 Å². The molecular formula is C46H71FN2O5S. The highest BCUT2D eigenvalue weighted by Gasteiger charge is 2.70. The van der Waals surface area contributed by atoms with Gasteiger partial charge in [-0.1, -0.05) is 58.9 Å². The summed E-state index contributed by atoms with van der Waals surface area (Å²) in [5.74, 6) is 1.89. The molecule has 5 fully saturated rings. The minimum atomic E-state index is -3.07. The lowest BCUT2D eigenvalue weighted by molar-refractivity contribution is -0.226. The monoisotopic (exact) mass is 783 g/mol. The van der Waals surface area contributed by atoms with E-state index in [1.165, 1.54) is 74.3 Å². The predicted molar refractivity (Wildman–Crippen MR) is 218 cm³/mol. The fourth-order valence-electron chi connectivity index (χ4n) is 15.3. The van der Waals surface area contributed by atoms with Crippen molar-refractivity contribution in [3.63, 3.8) is 0 Å². The first-order valence-electron chi connectivity index (χ1n) is 21.7. The molecule has 10 atom stereocenters. The summed E-state index contributed by atoms with van der Waals surface area (Å²) in [7, 11) is -3.07. The smallest absolute Gasteiger partial charge is 0.312 e. The molecule has 1 heterocycles. The number of carbonyl (C=O) groups excluding carboxylic acids is 1. The van der Waals surface area contributed by atoms with Crippen molar-refractivity contribution in [2.75, 3.05) is 39.1 Å². The molecule has 0 aromatic heterocycles. The van der Waals surface area contributed by atoms with Gasteiger partial charge in [0.1, 0.15) is 16.5 Å². The predicted octanol–water partition coefficient (Wildman–Crippen LogP) is 8.96. The largest absolute Gasteiger partial charge is 0.481 e. The lowest BCUT2D eigenvalue weighted by Crippen LogP contribution is -2.66. The summed E-state index contributed by atoms with van der Waals surface area (Å²) < 4.78 is 38.1. The molecule has 308 valence electrons. The Kier molecular flexibility index (Phi) is 10.5. The maximum atomic E-state index is 14.0. The Balaban J connectivity index is 1.09. The maximum absolute atomic E-state index is 14.0. The van der Waals surface area contributed by atoms with Crippen LogP contribution in [0.1, 0.15) is 131 Å². The van der Waals surface area contributed by atoms with Crippen molar-refractivity contribution in [2.45, 2.75) is 137 Å². The molecule has 0 spiro atoms. The second-order valence-electron chi connectivity index (χ2n) is 21.3. The van der Waals surface area contributed by atoms with Crippen molar-refractivity contribution in [3.8, 4) is 0 Å². The second-order valence-corrected chi connectivity index (χ2v) is 23.6. The molecule has 0 bridgehead atoms. The number of allylic oxidation sites excluding steroid dienone is 5. The van der Waals surface area contributed by atoms with Crippen LogP contribution in [0.15, 0.2) is 35.5 Å². The molecule has 7 aliphatic rings. The van der Waals surface area contributed by atoms with Crippen LogP contribution in [0.2, 0.25) is 0 Å². The molecule has 7 rings (SSSR count). The van der Waals surface area contributed by atoms with Crippen LogP contribution in [-0.2, 0) is 19.4 Å². The average molecular weight is 783 g/mol. The van der Waals surface area contributed by atoms with Crippen LogP contribution in [0.4, 0.5) is 4.39 Å². The Labute approximate surface area is 331 Å². The Morgan fingerprint density at radius 2 is 1.62 bits per heavy atom. The number of carboxylic acids is 1. The molecule has 2 N–H and O–H groups in total. The number of carbonyl (C=O) groups is 2. The average Bonchev–Trinajstić information content (AvgIpc) is 3.51. The number of aliphatic carboxylic acids is 1. The minimum Gasteiger partial charge on any atom is -0.481 e. The van der Waals surface area contributed by atoms with Crippen molar-refractivity contribution in [1.82, 2.24) is 10.2 Å². The third kappa shape index (κ3) is 6.36. The van der Waals surface area contributed by atoms with Crippen molar-refractivity contribution in [3.05, 3.63) is 35.5 Å². The van der Waals surface area contributed by atoms with E-state index in [-0.39, 0.29) is 44.7 Å². The van der Waals surface area contributed by atoms with Crippen LogP contribution in [-0.4, -0.2) is 74.7 Å². The van der Waals surface area contributed by atoms with Gasteiger partial charge in [-0.25, -0.2) is 12.8 Å². The molecule has 0 aromatic carbocycles. The summed E-state index contributed by atoms with van der Waals surface area (Å²) >= 11 is 0. The summed E-state index contributed by atoms with van der Waals surface area (Å²) in [6.07, 6.45) is 18.9. The summed E-state index contributed by atoms with van der Waals surface area (Å²) in [6.45, 7) is 21.0. The first-order chi connectivity index (χ1) is 25.7. The SMILES string of the molecule is C=C(C)[C@@H]1CCC2(CNCC(=O)N3CCC(S(C)(=O)=O)CC3)CC[C@]3(C)[C@H](CC[C@@H]4[C@@]5(C)CC=C(C6=CC[C@](CF)(C(=O)O)CC6)C(C)(C)[C@@H]5CC[C@]43C)[C@@H]12. The first kappa shape index (κ1) is 41.2. The van der Waals surface area contributed by atoms with E-state index in [1.807, 2.05) is 4.90 Å². The van der Waals surface area contributed by atoms with Crippen molar-refractivity contribution < 1.29 is 27.5 Å². The Morgan fingerprint density at radius 3 is 2.22 bits per heavy atom. The zero-order valence-corrected chi connectivity index (χ0v) is 35.9. The number of piperidine rings is 1. The standard InChI is InChI=1S/C46H71FN2O5S/c1-30(2)33-13-22-46(29-48-27-38(50)49-25-16-32(17-26-49)55(8,53)54)24-23-43(6)35(39(33)46)9-10-37-42(5)18-14-34(41(3,4)36(42)15-19-44(37,43)7)31-11-20-45(28-47,21-12-31)40(51)52/h11,14,32-33,35-37,39,48H,1,9-10,12-13,15-29H2,2-8H3,(H,51,52)/t33-,35+,36-,37+,39+,42-,43+,44+,45-,46?/m0/s1. The molecule has 0 aromatic rings. The van der Waals surface area contributed by atoms with Crippen LogP contribution in [0, 0.1) is 62.1 Å². The molecule has 9 heteroatoms. The number of sulfone groups is 1. The van der Waals surface area contributed by atoms with Gasteiger partial charge in [-0.2, -0.15) is 0 Å². The van der Waals surface area contributed by atoms with E-state index in [9.17, 15) is 27.5 Å². The lowest BCUT2D eigenvalue weighted by Gasteiger charge is -2.72.